The van der Waals surface area contributed by atoms with Crippen LogP contribution in [-0.4, -0.2) is 53.3 Å². The highest BCUT2D eigenvalue weighted by atomic mass is 32.1. The molecule has 2 unspecified atom stereocenters. The van der Waals surface area contributed by atoms with Gasteiger partial charge in [0.05, 0.1) is 16.8 Å². The van der Waals surface area contributed by atoms with Crippen LogP contribution in [0.3, 0.4) is 0 Å². The van der Waals surface area contributed by atoms with Crippen LogP contribution in [0.15, 0.2) is 5.51 Å². The molecule has 0 saturated carbocycles. The number of aryl methyl sites for hydroxylation is 1. The molecule has 1 amide bonds. The number of amides is 1. The number of nitrogens with zero attached hydrogens (tertiary/aromatic N) is 2. The first-order valence-electron chi connectivity index (χ1n) is 6.88. The maximum Gasteiger partial charge on any atom is 0.265 e. The van der Waals surface area contributed by atoms with Crippen molar-refractivity contribution in [2.45, 2.75) is 32.3 Å². The normalized spacial score (nSPS) is 26.8. The standard InChI is InChI=1S/C14H22N2O3S/c1-10-8-16(6-4-14(10,18)5-7-19-3)13(17)12-11(2)15-9-20-12/h9-10,18H,4-8H2,1-3H3. The van der Waals surface area contributed by atoms with E-state index in [0.29, 0.717) is 37.4 Å². The van der Waals surface area contributed by atoms with Gasteiger partial charge in [-0.3, -0.25) is 4.79 Å². The summed E-state index contributed by atoms with van der Waals surface area (Å²) in [6.45, 7) is 5.56. The van der Waals surface area contributed by atoms with E-state index in [-0.39, 0.29) is 11.8 Å². The number of aliphatic hydroxyl groups is 1. The lowest BCUT2D eigenvalue weighted by molar-refractivity contribution is -0.0749. The van der Waals surface area contributed by atoms with Crippen molar-refractivity contribution in [2.75, 3.05) is 26.8 Å². The summed E-state index contributed by atoms with van der Waals surface area (Å²) in [5, 5.41) is 10.6. The topological polar surface area (TPSA) is 62.7 Å². The van der Waals surface area contributed by atoms with Gasteiger partial charge in [-0.15, -0.1) is 11.3 Å². The first-order chi connectivity index (χ1) is 9.48. The van der Waals surface area contributed by atoms with E-state index < -0.39 is 5.60 Å². The molecule has 2 rings (SSSR count). The zero-order valence-electron chi connectivity index (χ0n) is 12.3. The third-order valence-corrected chi connectivity index (χ3v) is 5.11. The number of thiazole rings is 1. The highest BCUT2D eigenvalue weighted by molar-refractivity contribution is 7.11. The van der Waals surface area contributed by atoms with E-state index in [1.807, 2.05) is 18.7 Å². The fourth-order valence-corrected chi connectivity index (χ4v) is 3.42. The minimum absolute atomic E-state index is 0.0330. The monoisotopic (exact) mass is 298 g/mol. The summed E-state index contributed by atoms with van der Waals surface area (Å²) >= 11 is 1.38. The second-order valence-corrected chi connectivity index (χ2v) is 6.37. The predicted molar refractivity (Wildman–Crippen MR) is 78.0 cm³/mol. The zero-order valence-corrected chi connectivity index (χ0v) is 13.1. The lowest BCUT2D eigenvalue weighted by atomic mass is 9.80. The van der Waals surface area contributed by atoms with Crippen molar-refractivity contribution in [3.05, 3.63) is 16.1 Å². The fourth-order valence-electron chi connectivity index (χ4n) is 2.65. The number of hydrogen-bond acceptors (Lipinski definition) is 5. The molecule has 112 valence electrons. The highest BCUT2D eigenvalue weighted by Gasteiger charge is 2.40. The molecule has 0 bridgehead atoms. The van der Waals surface area contributed by atoms with E-state index in [2.05, 4.69) is 4.98 Å². The summed E-state index contributed by atoms with van der Waals surface area (Å²) in [6, 6.07) is 0. The Bertz CT molecular complexity index is 477. The molecular weight excluding hydrogens is 276 g/mol. The lowest BCUT2D eigenvalue weighted by Crippen LogP contribution is -2.52. The second-order valence-electron chi connectivity index (χ2n) is 5.52. The number of likely N-dealkylation sites (tertiary alicyclic amines) is 1. The maximum absolute atomic E-state index is 12.4. The quantitative estimate of drug-likeness (QED) is 0.919. The SMILES string of the molecule is COCCC1(O)CCN(C(=O)c2scnc2C)CC1C. The van der Waals surface area contributed by atoms with Gasteiger partial charge in [-0.05, 0) is 19.8 Å². The van der Waals surface area contributed by atoms with Gasteiger partial charge in [-0.1, -0.05) is 6.92 Å². The smallest absolute Gasteiger partial charge is 0.265 e. The van der Waals surface area contributed by atoms with Crippen LogP contribution in [0.1, 0.15) is 35.1 Å². The van der Waals surface area contributed by atoms with E-state index in [1.54, 1.807) is 12.6 Å². The lowest BCUT2D eigenvalue weighted by Gasteiger charge is -2.43. The average Bonchev–Trinajstić information content (AvgIpc) is 2.85. The molecule has 1 N–H and O–H groups in total. The molecule has 5 nitrogen and oxygen atoms in total. The number of carbonyl (C=O) groups is 1. The molecule has 1 aliphatic rings. The molecule has 1 aromatic rings. The van der Waals surface area contributed by atoms with Crippen LogP contribution < -0.4 is 0 Å². The van der Waals surface area contributed by atoms with Crippen molar-refractivity contribution in [2.24, 2.45) is 5.92 Å². The molecule has 2 heterocycles. The van der Waals surface area contributed by atoms with Crippen molar-refractivity contribution >= 4 is 17.2 Å². The molecule has 0 aromatic carbocycles. The van der Waals surface area contributed by atoms with Crippen LogP contribution in [0.4, 0.5) is 0 Å². The van der Waals surface area contributed by atoms with Gasteiger partial charge in [-0.2, -0.15) is 0 Å². The number of ether oxygens (including phenoxy) is 1. The minimum Gasteiger partial charge on any atom is -0.389 e. The first kappa shape index (κ1) is 15.4. The van der Waals surface area contributed by atoms with Crippen molar-refractivity contribution in [1.29, 1.82) is 0 Å². The van der Waals surface area contributed by atoms with Gasteiger partial charge in [0.25, 0.3) is 5.91 Å². The van der Waals surface area contributed by atoms with Gasteiger partial charge >= 0.3 is 0 Å². The molecule has 20 heavy (non-hydrogen) atoms. The Balaban J connectivity index is 2.02. The van der Waals surface area contributed by atoms with Crippen molar-refractivity contribution < 1.29 is 14.6 Å². The maximum atomic E-state index is 12.4. The minimum atomic E-state index is -0.727. The van der Waals surface area contributed by atoms with Gasteiger partial charge in [0.1, 0.15) is 4.88 Å². The third kappa shape index (κ3) is 3.02. The van der Waals surface area contributed by atoms with Crippen LogP contribution in [0.2, 0.25) is 0 Å². The predicted octanol–water partition coefficient (Wildman–Crippen LogP) is 1.70. The summed E-state index contributed by atoms with van der Waals surface area (Å²) < 4.78 is 5.06. The summed E-state index contributed by atoms with van der Waals surface area (Å²) in [6.07, 6.45) is 1.22. The van der Waals surface area contributed by atoms with Crippen molar-refractivity contribution in [3.8, 4) is 0 Å². The Labute approximate surface area is 123 Å². The number of piperidine rings is 1. The zero-order chi connectivity index (χ0) is 14.8. The number of rotatable bonds is 4. The van der Waals surface area contributed by atoms with Crippen molar-refractivity contribution in [1.82, 2.24) is 9.88 Å². The number of carbonyl (C=O) groups excluding carboxylic acids is 1. The number of hydrogen-bond donors (Lipinski definition) is 1. The number of aromatic nitrogens is 1. The molecule has 0 aliphatic carbocycles. The van der Waals surface area contributed by atoms with Crippen LogP contribution in [0.25, 0.3) is 0 Å². The Morgan fingerprint density at radius 1 is 1.70 bits per heavy atom. The van der Waals surface area contributed by atoms with E-state index in [0.717, 1.165) is 5.69 Å². The third-order valence-electron chi connectivity index (χ3n) is 4.19. The molecule has 6 heteroatoms. The molecule has 1 fully saturated rings. The molecule has 1 saturated heterocycles. The average molecular weight is 298 g/mol. The summed E-state index contributed by atoms with van der Waals surface area (Å²) in [5.74, 6) is 0.0780. The Morgan fingerprint density at radius 3 is 3.00 bits per heavy atom. The molecule has 1 aromatic heterocycles. The van der Waals surface area contributed by atoms with Gasteiger partial charge in [0, 0.05) is 32.7 Å². The Hall–Kier alpha value is -0.980. The van der Waals surface area contributed by atoms with E-state index >= 15 is 0 Å². The molecule has 0 radical (unpaired) electrons. The fraction of sp³-hybridized carbons (Fsp3) is 0.714. The van der Waals surface area contributed by atoms with Crippen LogP contribution >= 0.6 is 11.3 Å². The molecule has 1 aliphatic heterocycles. The van der Waals surface area contributed by atoms with Gasteiger partial charge in [-0.25, -0.2) is 4.98 Å². The van der Waals surface area contributed by atoms with Crippen LogP contribution in [0.5, 0.6) is 0 Å². The largest absolute Gasteiger partial charge is 0.389 e. The van der Waals surface area contributed by atoms with Gasteiger partial charge in [0.2, 0.25) is 0 Å². The molecular formula is C14H22N2O3S. The van der Waals surface area contributed by atoms with Crippen LogP contribution in [0, 0.1) is 12.8 Å². The van der Waals surface area contributed by atoms with E-state index in [4.69, 9.17) is 4.74 Å². The van der Waals surface area contributed by atoms with Gasteiger partial charge in [0.15, 0.2) is 0 Å². The Morgan fingerprint density at radius 2 is 2.45 bits per heavy atom. The highest BCUT2D eigenvalue weighted by Crippen LogP contribution is 2.32. The van der Waals surface area contributed by atoms with E-state index in [1.165, 1.54) is 11.3 Å². The molecule has 2 atom stereocenters. The van der Waals surface area contributed by atoms with Gasteiger partial charge < -0.3 is 14.7 Å². The molecule has 0 spiro atoms. The van der Waals surface area contributed by atoms with Crippen LogP contribution in [-0.2, 0) is 4.74 Å². The second kappa shape index (κ2) is 6.20. The summed E-state index contributed by atoms with van der Waals surface area (Å²) in [7, 11) is 1.64. The summed E-state index contributed by atoms with van der Waals surface area (Å²) in [5.41, 5.74) is 1.76. The first-order valence-corrected chi connectivity index (χ1v) is 7.76. The number of methoxy groups -OCH3 is 1. The Kier molecular flexibility index (Phi) is 4.78. The van der Waals surface area contributed by atoms with Crippen molar-refractivity contribution in [3.63, 3.8) is 0 Å². The van der Waals surface area contributed by atoms with E-state index in [9.17, 15) is 9.90 Å². The summed E-state index contributed by atoms with van der Waals surface area (Å²) in [4.78, 5) is 19.1.